The van der Waals surface area contributed by atoms with Crippen molar-refractivity contribution in [2.24, 2.45) is 0 Å². The van der Waals surface area contributed by atoms with Crippen molar-refractivity contribution in [1.29, 1.82) is 0 Å². The Hall–Kier alpha value is -4.12. The molecule has 0 amide bonds. The number of fused-ring (bicyclic) bond motifs is 3. The number of imidazole rings is 1. The first-order valence-electron chi connectivity index (χ1n) is 12.0. The molecule has 5 heterocycles. The molecule has 5 aromatic rings. The lowest BCUT2D eigenvalue weighted by Gasteiger charge is -2.27. The third kappa shape index (κ3) is 3.86. The number of anilines is 1. The van der Waals surface area contributed by atoms with Crippen LogP contribution >= 0.6 is 11.3 Å². The van der Waals surface area contributed by atoms with Gasteiger partial charge in [0, 0.05) is 30.4 Å². The van der Waals surface area contributed by atoms with E-state index >= 15 is 0 Å². The molecule has 7 rings (SSSR count). The minimum Gasteiger partial charge on any atom is -0.496 e. The van der Waals surface area contributed by atoms with Crippen molar-refractivity contribution in [3.05, 3.63) is 42.6 Å². The van der Waals surface area contributed by atoms with Gasteiger partial charge in [0.15, 0.2) is 17.3 Å². The summed E-state index contributed by atoms with van der Waals surface area (Å²) >= 11 is 1.37. The normalized spacial score (nSPS) is 16.7. The fourth-order valence-electron chi connectivity index (χ4n) is 4.93. The summed E-state index contributed by atoms with van der Waals surface area (Å²) in [6.07, 6.45) is 3.97. The predicted octanol–water partition coefficient (Wildman–Crippen LogP) is 5.00. The van der Waals surface area contributed by atoms with Crippen LogP contribution in [0.1, 0.15) is 12.8 Å². The molecule has 2 aliphatic heterocycles. The summed E-state index contributed by atoms with van der Waals surface area (Å²) in [6.45, 7) is 1.76. The van der Waals surface area contributed by atoms with Crippen LogP contribution in [0.3, 0.4) is 0 Å². The highest BCUT2D eigenvalue weighted by molar-refractivity contribution is 7.18. The Bertz CT molecular complexity index is 1580. The van der Waals surface area contributed by atoms with E-state index < -0.39 is 0 Å². The van der Waals surface area contributed by atoms with E-state index in [-0.39, 0.29) is 12.8 Å². The maximum atomic E-state index is 6.42. The van der Waals surface area contributed by atoms with Crippen LogP contribution in [0.5, 0.6) is 28.2 Å². The van der Waals surface area contributed by atoms with Crippen LogP contribution in [-0.2, 0) is 0 Å². The van der Waals surface area contributed by atoms with Crippen molar-refractivity contribution in [2.45, 2.75) is 18.9 Å². The number of rotatable bonds is 7. The molecule has 0 bridgehead atoms. The zero-order chi connectivity index (χ0) is 24.9. The Labute approximate surface area is 215 Å². The molecule has 0 aliphatic carbocycles. The Morgan fingerprint density at radius 3 is 2.86 bits per heavy atom. The first-order valence-corrected chi connectivity index (χ1v) is 12.8. The third-order valence-corrected chi connectivity index (χ3v) is 7.64. The molecule has 2 aliphatic rings. The topological polar surface area (TPSA) is 92.7 Å². The molecule has 0 radical (unpaired) electrons. The molecule has 0 N–H and O–H groups in total. The highest BCUT2D eigenvalue weighted by Gasteiger charge is 2.28. The molecule has 0 spiro atoms. The van der Waals surface area contributed by atoms with Gasteiger partial charge in [0.05, 0.1) is 31.8 Å². The summed E-state index contributed by atoms with van der Waals surface area (Å²) < 4.78 is 36.1. The molecule has 0 unspecified atom stereocenters. The van der Waals surface area contributed by atoms with Crippen molar-refractivity contribution in [1.82, 2.24) is 14.6 Å². The van der Waals surface area contributed by atoms with Gasteiger partial charge in [0.25, 0.3) is 5.19 Å². The van der Waals surface area contributed by atoms with Gasteiger partial charge in [-0.15, -0.1) is 5.10 Å². The zero-order valence-corrected chi connectivity index (χ0v) is 21.1. The molecule has 2 aromatic carbocycles. The number of furan rings is 1. The third-order valence-electron chi connectivity index (χ3n) is 6.76. The van der Waals surface area contributed by atoms with Crippen LogP contribution in [0.25, 0.3) is 27.4 Å². The van der Waals surface area contributed by atoms with Gasteiger partial charge < -0.3 is 33.0 Å². The lowest BCUT2D eigenvalue weighted by atomic mass is 10.2. The summed E-state index contributed by atoms with van der Waals surface area (Å²) in [6, 6.07) is 12.1. The molecule has 10 nitrogen and oxygen atoms in total. The SMILES string of the molecule is COc1cc(OC[C@H]2CCCN2c2ccc3c(c2)OCO3)c2cc(-c3cn4nc(OC)sc4n3)oc2c1. The summed E-state index contributed by atoms with van der Waals surface area (Å²) in [7, 11) is 3.23. The maximum absolute atomic E-state index is 6.42. The van der Waals surface area contributed by atoms with E-state index in [4.69, 9.17) is 28.1 Å². The first kappa shape index (κ1) is 22.1. The van der Waals surface area contributed by atoms with Gasteiger partial charge in [-0.2, -0.15) is 0 Å². The van der Waals surface area contributed by atoms with Gasteiger partial charge in [-0.1, -0.05) is 0 Å². The standard InChI is InChI=1S/C26H24N4O6S/c1-31-17-9-21(33-13-16-4-3-7-29(16)15-5-6-20-24(8-15)35-14-34-20)18-11-23(36-22(18)10-17)19-12-30-25(27-19)37-26(28-30)32-2/h5-6,8-12,16H,3-4,7,13-14H2,1-2H3/t16-/m1/s1. The Morgan fingerprint density at radius 1 is 1.08 bits per heavy atom. The first-order chi connectivity index (χ1) is 18.2. The molecule has 37 heavy (non-hydrogen) atoms. The molecule has 0 saturated carbocycles. The fraction of sp³-hybridized carbons (Fsp3) is 0.308. The number of aromatic nitrogens is 3. The Morgan fingerprint density at radius 2 is 2.00 bits per heavy atom. The van der Waals surface area contributed by atoms with Crippen molar-refractivity contribution in [2.75, 3.05) is 39.1 Å². The fourth-order valence-corrected chi connectivity index (χ4v) is 5.63. The van der Waals surface area contributed by atoms with E-state index in [0.29, 0.717) is 40.3 Å². The van der Waals surface area contributed by atoms with Crippen LogP contribution < -0.4 is 28.6 Å². The number of benzene rings is 2. The monoisotopic (exact) mass is 520 g/mol. The average molecular weight is 521 g/mol. The summed E-state index contributed by atoms with van der Waals surface area (Å²) in [4.78, 5) is 7.75. The lowest BCUT2D eigenvalue weighted by Crippen LogP contribution is -2.34. The molecule has 1 saturated heterocycles. The zero-order valence-electron chi connectivity index (χ0n) is 20.3. The van der Waals surface area contributed by atoms with E-state index in [0.717, 1.165) is 46.9 Å². The highest BCUT2D eigenvalue weighted by atomic mass is 32.1. The van der Waals surface area contributed by atoms with Gasteiger partial charge in [0.1, 0.15) is 29.4 Å². The van der Waals surface area contributed by atoms with Crippen LogP contribution in [0.4, 0.5) is 5.69 Å². The minimum absolute atomic E-state index is 0.231. The van der Waals surface area contributed by atoms with E-state index in [1.165, 1.54) is 11.3 Å². The van der Waals surface area contributed by atoms with Crippen molar-refractivity contribution >= 4 is 33.0 Å². The van der Waals surface area contributed by atoms with E-state index in [1.54, 1.807) is 18.7 Å². The Kier molecular flexibility index (Phi) is 5.24. The summed E-state index contributed by atoms with van der Waals surface area (Å²) in [5.41, 5.74) is 2.47. The predicted molar refractivity (Wildman–Crippen MR) is 138 cm³/mol. The molecule has 1 fully saturated rings. The molecule has 3 aromatic heterocycles. The lowest BCUT2D eigenvalue weighted by molar-refractivity contribution is 0.174. The van der Waals surface area contributed by atoms with Crippen molar-refractivity contribution in [3.63, 3.8) is 0 Å². The van der Waals surface area contributed by atoms with Crippen molar-refractivity contribution in [3.8, 4) is 39.6 Å². The number of nitrogens with zero attached hydrogens (tertiary/aromatic N) is 4. The minimum atomic E-state index is 0.231. The molecular weight excluding hydrogens is 496 g/mol. The van der Waals surface area contributed by atoms with E-state index in [2.05, 4.69) is 21.0 Å². The Balaban J connectivity index is 1.16. The second-order valence-electron chi connectivity index (χ2n) is 8.91. The second kappa shape index (κ2) is 8.77. The summed E-state index contributed by atoms with van der Waals surface area (Å²) in [5, 5.41) is 5.77. The van der Waals surface area contributed by atoms with E-state index in [1.807, 2.05) is 36.5 Å². The van der Waals surface area contributed by atoms with Gasteiger partial charge in [0.2, 0.25) is 11.8 Å². The molecular formula is C26H24N4O6S. The molecule has 190 valence electrons. The van der Waals surface area contributed by atoms with E-state index in [9.17, 15) is 0 Å². The van der Waals surface area contributed by atoms with Crippen molar-refractivity contribution < 1.29 is 28.1 Å². The number of ether oxygens (including phenoxy) is 5. The smallest absolute Gasteiger partial charge is 0.294 e. The molecule has 11 heteroatoms. The van der Waals surface area contributed by atoms with Gasteiger partial charge >= 0.3 is 0 Å². The largest absolute Gasteiger partial charge is 0.496 e. The van der Waals surface area contributed by atoms with Crippen LogP contribution in [-0.4, -0.2) is 54.8 Å². The van der Waals surface area contributed by atoms with Gasteiger partial charge in [-0.05, 0) is 42.4 Å². The highest BCUT2D eigenvalue weighted by Crippen LogP contribution is 2.39. The number of hydrogen-bond acceptors (Lipinski definition) is 10. The number of methoxy groups -OCH3 is 2. The molecule has 1 atom stereocenters. The van der Waals surface area contributed by atoms with Crippen LogP contribution in [0.2, 0.25) is 0 Å². The quantitative estimate of drug-likeness (QED) is 0.294. The number of hydrogen-bond donors (Lipinski definition) is 0. The van der Waals surface area contributed by atoms with Gasteiger partial charge in [-0.25, -0.2) is 9.50 Å². The average Bonchev–Trinajstić information content (AvgIpc) is 3.73. The van der Waals surface area contributed by atoms with Crippen LogP contribution in [0.15, 0.2) is 47.0 Å². The van der Waals surface area contributed by atoms with Crippen LogP contribution in [0, 0.1) is 0 Å². The maximum Gasteiger partial charge on any atom is 0.294 e. The summed E-state index contributed by atoms with van der Waals surface area (Å²) in [5.74, 6) is 3.59. The second-order valence-corrected chi connectivity index (χ2v) is 9.83. The van der Waals surface area contributed by atoms with Gasteiger partial charge in [-0.3, -0.25) is 0 Å².